The molecule has 1 heterocycles. The van der Waals surface area contributed by atoms with Crippen molar-refractivity contribution in [3.8, 4) is 5.75 Å². The molecular formula is C15H16Cl3N3O3. The van der Waals surface area contributed by atoms with Crippen LogP contribution < -0.4 is 4.74 Å². The Bertz CT molecular complexity index is 670. The number of aromatic nitrogens is 2. The van der Waals surface area contributed by atoms with Gasteiger partial charge in [-0.3, -0.25) is 4.57 Å². The molecule has 1 aromatic heterocycles. The highest BCUT2D eigenvalue weighted by Crippen LogP contribution is 2.35. The van der Waals surface area contributed by atoms with E-state index in [1.807, 2.05) is 0 Å². The van der Waals surface area contributed by atoms with Gasteiger partial charge in [-0.15, -0.1) is 0 Å². The molecule has 1 unspecified atom stereocenters. The first kappa shape index (κ1) is 18.9. The molecule has 9 heteroatoms. The highest BCUT2D eigenvalue weighted by molar-refractivity contribution is 6.40. The number of aliphatic hydroxyl groups excluding tert-OH is 1. The van der Waals surface area contributed by atoms with E-state index in [0.29, 0.717) is 10.8 Å². The maximum absolute atomic E-state index is 12.4. The minimum atomic E-state index is -0.680. The van der Waals surface area contributed by atoms with E-state index in [4.69, 9.17) is 39.5 Å². The van der Waals surface area contributed by atoms with Crippen LogP contribution in [0.25, 0.3) is 0 Å². The van der Waals surface area contributed by atoms with Gasteiger partial charge in [0.1, 0.15) is 12.9 Å². The van der Waals surface area contributed by atoms with Gasteiger partial charge in [-0.25, -0.2) is 9.78 Å². The number of hydrogen-bond donors (Lipinski definition) is 1. The molecule has 2 rings (SSSR count). The Morgan fingerprint density at radius 3 is 2.58 bits per heavy atom. The Hall–Kier alpha value is -1.47. The first-order valence-corrected chi connectivity index (χ1v) is 8.24. The molecule has 0 spiro atoms. The summed E-state index contributed by atoms with van der Waals surface area (Å²) in [6.07, 6.45) is 3.75. The van der Waals surface area contributed by atoms with Crippen LogP contribution in [0.5, 0.6) is 5.75 Å². The number of aliphatic hydroxyl groups is 1. The van der Waals surface area contributed by atoms with E-state index in [0.717, 1.165) is 0 Å². The molecule has 130 valence electrons. The highest BCUT2D eigenvalue weighted by atomic mass is 35.5. The second-order valence-electron chi connectivity index (χ2n) is 5.09. The second kappa shape index (κ2) is 8.58. The van der Waals surface area contributed by atoms with Gasteiger partial charge >= 0.3 is 6.03 Å². The first-order valence-electron chi connectivity index (χ1n) is 7.11. The summed E-state index contributed by atoms with van der Waals surface area (Å²) in [6.45, 7) is 2.13. The predicted molar refractivity (Wildman–Crippen MR) is 93.2 cm³/mol. The summed E-state index contributed by atoms with van der Waals surface area (Å²) < 4.78 is 6.90. The average molecular weight is 393 g/mol. The summed E-state index contributed by atoms with van der Waals surface area (Å²) in [4.78, 5) is 17.7. The number of ether oxygens (including phenoxy) is 1. The van der Waals surface area contributed by atoms with Gasteiger partial charge in [0.05, 0.1) is 22.7 Å². The molecule has 6 nitrogen and oxygen atoms in total. The fraction of sp³-hybridized carbons (Fsp3) is 0.333. The van der Waals surface area contributed by atoms with Crippen LogP contribution in [0, 0.1) is 0 Å². The predicted octanol–water partition coefficient (Wildman–Crippen LogP) is 3.57. The summed E-state index contributed by atoms with van der Waals surface area (Å²) in [7, 11) is 0. The normalized spacial score (nSPS) is 12.0. The zero-order valence-corrected chi connectivity index (χ0v) is 15.1. The first-order chi connectivity index (χ1) is 11.4. The van der Waals surface area contributed by atoms with Crippen molar-refractivity contribution in [2.75, 3.05) is 19.7 Å². The quantitative estimate of drug-likeness (QED) is 0.816. The third-order valence-corrected chi connectivity index (χ3v) is 3.83. The zero-order chi connectivity index (χ0) is 17.7. The number of imidazole rings is 1. The van der Waals surface area contributed by atoms with E-state index in [9.17, 15) is 9.90 Å². The molecule has 0 aliphatic carbocycles. The fourth-order valence-electron chi connectivity index (χ4n) is 2.04. The van der Waals surface area contributed by atoms with Gasteiger partial charge in [0.25, 0.3) is 0 Å². The van der Waals surface area contributed by atoms with Crippen molar-refractivity contribution < 1.29 is 14.6 Å². The summed E-state index contributed by atoms with van der Waals surface area (Å²) in [5.41, 5.74) is 0. The summed E-state index contributed by atoms with van der Waals surface area (Å²) in [5, 5.41) is 10.6. The standard InChI is InChI=1S/C15H16Cl3N3O3/c1-10(22)8-20(15(23)21-3-2-19-9-21)4-5-24-14-12(17)6-11(16)7-13(14)18/h2-3,6-7,9-10,22H,4-5,8H2,1H3. The Kier molecular flexibility index (Phi) is 6.74. The molecule has 24 heavy (non-hydrogen) atoms. The van der Waals surface area contributed by atoms with Gasteiger partial charge in [-0.05, 0) is 19.1 Å². The van der Waals surface area contributed by atoms with Gasteiger partial charge < -0.3 is 14.7 Å². The minimum Gasteiger partial charge on any atom is -0.489 e. The summed E-state index contributed by atoms with van der Waals surface area (Å²) in [5.74, 6) is 0.301. The number of halogens is 3. The number of nitrogens with zero attached hydrogens (tertiary/aromatic N) is 3. The van der Waals surface area contributed by atoms with Crippen LogP contribution in [0.4, 0.5) is 4.79 Å². The van der Waals surface area contributed by atoms with Crippen molar-refractivity contribution in [3.63, 3.8) is 0 Å². The van der Waals surface area contributed by atoms with E-state index >= 15 is 0 Å². The largest absolute Gasteiger partial charge is 0.489 e. The van der Waals surface area contributed by atoms with Gasteiger partial charge in [0, 0.05) is 24.0 Å². The van der Waals surface area contributed by atoms with Gasteiger partial charge in [-0.2, -0.15) is 0 Å². The van der Waals surface area contributed by atoms with E-state index in [-0.39, 0.29) is 35.8 Å². The van der Waals surface area contributed by atoms with Crippen molar-refractivity contribution in [1.82, 2.24) is 14.5 Å². The van der Waals surface area contributed by atoms with Gasteiger partial charge in [0.15, 0.2) is 5.75 Å². The average Bonchev–Trinajstić information content (AvgIpc) is 3.01. The van der Waals surface area contributed by atoms with Gasteiger partial charge in [0.2, 0.25) is 0 Å². The lowest BCUT2D eigenvalue weighted by Gasteiger charge is -2.24. The number of hydrogen-bond acceptors (Lipinski definition) is 4. The molecule has 1 amide bonds. The van der Waals surface area contributed by atoms with E-state index < -0.39 is 6.10 Å². The Labute approximate surface area is 154 Å². The molecule has 0 saturated heterocycles. The SMILES string of the molecule is CC(O)CN(CCOc1c(Cl)cc(Cl)cc1Cl)C(=O)n1ccnc1. The van der Waals surface area contributed by atoms with E-state index in [2.05, 4.69) is 4.98 Å². The maximum Gasteiger partial charge on any atom is 0.329 e. The molecule has 1 N–H and O–H groups in total. The topological polar surface area (TPSA) is 67.6 Å². The molecule has 0 saturated carbocycles. The van der Waals surface area contributed by atoms with Crippen LogP contribution in [0.15, 0.2) is 30.9 Å². The van der Waals surface area contributed by atoms with Crippen LogP contribution in [0.3, 0.4) is 0 Å². The van der Waals surface area contributed by atoms with Crippen molar-refractivity contribution in [2.45, 2.75) is 13.0 Å². The zero-order valence-electron chi connectivity index (χ0n) is 12.8. The molecule has 0 aliphatic rings. The van der Waals surface area contributed by atoms with E-state index in [1.54, 1.807) is 6.92 Å². The Morgan fingerprint density at radius 2 is 2.04 bits per heavy atom. The molecule has 1 atom stereocenters. The smallest absolute Gasteiger partial charge is 0.329 e. The van der Waals surface area contributed by atoms with Crippen LogP contribution in [-0.4, -0.2) is 51.4 Å². The molecule has 2 aromatic rings. The number of rotatable bonds is 6. The Balaban J connectivity index is 2.02. The van der Waals surface area contributed by atoms with Crippen LogP contribution in [0.1, 0.15) is 6.92 Å². The second-order valence-corrected chi connectivity index (χ2v) is 6.35. The lowest BCUT2D eigenvalue weighted by Crippen LogP contribution is -2.41. The third-order valence-electron chi connectivity index (χ3n) is 3.05. The maximum atomic E-state index is 12.4. The van der Waals surface area contributed by atoms with Crippen molar-refractivity contribution in [3.05, 3.63) is 45.9 Å². The van der Waals surface area contributed by atoms with Crippen LogP contribution in [-0.2, 0) is 0 Å². The lowest BCUT2D eigenvalue weighted by atomic mass is 10.3. The molecule has 0 radical (unpaired) electrons. The summed E-state index contributed by atoms with van der Waals surface area (Å²) in [6, 6.07) is 2.73. The molecule has 1 aromatic carbocycles. The highest BCUT2D eigenvalue weighted by Gasteiger charge is 2.18. The fourth-order valence-corrected chi connectivity index (χ4v) is 2.97. The lowest BCUT2D eigenvalue weighted by molar-refractivity contribution is 0.124. The van der Waals surface area contributed by atoms with E-state index in [1.165, 1.54) is 40.3 Å². The third kappa shape index (κ3) is 5.01. The van der Waals surface area contributed by atoms with Crippen molar-refractivity contribution in [2.24, 2.45) is 0 Å². The summed E-state index contributed by atoms with van der Waals surface area (Å²) >= 11 is 18.0. The molecule has 0 aliphatic heterocycles. The number of amides is 1. The number of carbonyl (C=O) groups is 1. The molecule has 0 bridgehead atoms. The van der Waals surface area contributed by atoms with Crippen LogP contribution in [0.2, 0.25) is 15.1 Å². The molecule has 0 fully saturated rings. The number of benzene rings is 1. The number of carbonyl (C=O) groups excluding carboxylic acids is 1. The molecular weight excluding hydrogens is 377 g/mol. The minimum absolute atomic E-state index is 0.147. The Morgan fingerprint density at radius 1 is 1.38 bits per heavy atom. The van der Waals surface area contributed by atoms with Crippen molar-refractivity contribution in [1.29, 1.82) is 0 Å². The van der Waals surface area contributed by atoms with Gasteiger partial charge in [-0.1, -0.05) is 34.8 Å². The van der Waals surface area contributed by atoms with Crippen LogP contribution >= 0.6 is 34.8 Å². The van der Waals surface area contributed by atoms with Crippen molar-refractivity contribution >= 4 is 40.8 Å². The monoisotopic (exact) mass is 391 g/mol.